The van der Waals surface area contributed by atoms with E-state index in [1.54, 1.807) is 30.3 Å². The molecule has 2 aromatic carbocycles. The number of hydrogen-bond donors (Lipinski definition) is 1. The molecule has 0 aliphatic rings. The first-order valence-corrected chi connectivity index (χ1v) is 8.14. The van der Waals surface area contributed by atoms with E-state index in [0.717, 1.165) is 5.56 Å². The van der Waals surface area contributed by atoms with Gasteiger partial charge in [-0.05, 0) is 49.9 Å². The number of halogens is 2. The Bertz CT molecular complexity index is 742. The molecule has 24 heavy (non-hydrogen) atoms. The van der Waals surface area contributed by atoms with Crippen molar-refractivity contribution in [2.75, 3.05) is 18.9 Å². The monoisotopic (exact) mass is 364 g/mol. The van der Waals surface area contributed by atoms with Gasteiger partial charge >= 0.3 is 0 Å². The van der Waals surface area contributed by atoms with Crippen LogP contribution in [-0.2, 0) is 11.3 Å². The third-order valence-electron chi connectivity index (χ3n) is 3.37. The van der Waals surface area contributed by atoms with Gasteiger partial charge in [0.2, 0.25) is 5.91 Å². The SMILES string of the molecule is CC(=O)c1ccccc1NC(=O)CN(C)Cc1cc(Cl)cc(Cl)c1. The number of para-hydroxylation sites is 1. The molecule has 0 aliphatic heterocycles. The lowest BCUT2D eigenvalue weighted by Crippen LogP contribution is -2.30. The molecule has 0 bridgehead atoms. The predicted octanol–water partition coefficient (Wildman–Crippen LogP) is 4.27. The van der Waals surface area contributed by atoms with E-state index in [0.29, 0.717) is 27.8 Å². The van der Waals surface area contributed by atoms with Gasteiger partial charge in [-0.3, -0.25) is 14.5 Å². The van der Waals surface area contributed by atoms with E-state index in [4.69, 9.17) is 23.2 Å². The number of Topliss-reactive ketones (excluding diaryl/α,β-unsaturated/α-hetero) is 1. The minimum atomic E-state index is -0.195. The summed E-state index contributed by atoms with van der Waals surface area (Å²) in [7, 11) is 1.82. The highest BCUT2D eigenvalue weighted by Crippen LogP contribution is 2.20. The number of benzene rings is 2. The van der Waals surface area contributed by atoms with E-state index >= 15 is 0 Å². The summed E-state index contributed by atoms with van der Waals surface area (Å²) in [5.74, 6) is -0.285. The molecule has 0 aromatic heterocycles. The van der Waals surface area contributed by atoms with Gasteiger partial charge in [0.05, 0.1) is 12.2 Å². The van der Waals surface area contributed by atoms with Gasteiger partial charge in [-0.15, -0.1) is 0 Å². The van der Waals surface area contributed by atoms with Crippen molar-refractivity contribution in [2.45, 2.75) is 13.5 Å². The van der Waals surface area contributed by atoms with Crippen LogP contribution in [-0.4, -0.2) is 30.2 Å². The summed E-state index contributed by atoms with van der Waals surface area (Å²) in [4.78, 5) is 25.6. The highest BCUT2D eigenvalue weighted by atomic mass is 35.5. The fourth-order valence-corrected chi connectivity index (χ4v) is 2.98. The quantitative estimate of drug-likeness (QED) is 0.778. The number of carbonyl (C=O) groups excluding carboxylic acids is 2. The molecule has 1 amide bonds. The van der Waals surface area contributed by atoms with Gasteiger partial charge in [0.25, 0.3) is 0 Å². The number of carbonyl (C=O) groups is 2. The van der Waals surface area contributed by atoms with E-state index in [1.807, 2.05) is 24.1 Å². The van der Waals surface area contributed by atoms with Crippen LogP contribution in [0.3, 0.4) is 0 Å². The summed E-state index contributed by atoms with van der Waals surface area (Å²) < 4.78 is 0. The van der Waals surface area contributed by atoms with Gasteiger partial charge in [0, 0.05) is 22.2 Å². The highest BCUT2D eigenvalue weighted by molar-refractivity contribution is 6.34. The second kappa shape index (κ2) is 8.29. The Morgan fingerprint density at radius 1 is 1.08 bits per heavy atom. The lowest BCUT2D eigenvalue weighted by atomic mass is 10.1. The second-order valence-electron chi connectivity index (χ2n) is 5.60. The molecule has 0 unspecified atom stereocenters. The fourth-order valence-electron chi connectivity index (χ4n) is 2.40. The minimum absolute atomic E-state index is 0.0900. The number of amides is 1. The average molecular weight is 365 g/mol. The Morgan fingerprint density at radius 3 is 2.33 bits per heavy atom. The first-order chi connectivity index (χ1) is 11.3. The molecule has 0 saturated carbocycles. The summed E-state index contributed by atoms with van der Waals surface area (Å²) in [5.41, 5.74) is 1.94. The van der Waals surface area contributed by atoms with Crippen molar-refractivity contribution >= 4 is 40.6 Å². The Morgan fingerprint density at radius 2 is 1.71 bits per heavy atom. The zero-order chi connectivity index (χ0) is 17.7. The molecule has 0 spiro atoms. The molecule has 1 N–H and O–H groups in total. The van der Waals surface area contributed by atoms with Crippen LogP contribution in [0.1, 0.15) is 22.8 Å². The smallest absolute Gasteiger partial charge is 0.238 e. The molecule has 0 atom stereocenters. The average Bonchev–Trinajstić information content (AvgIpc) is 2.45. The van der Waals surface area contributed by atoms with Crippen molar-refractivity contribution in [2.24, 2.45) is 0 Å². The first kappa shape index (κ1) is 18.5. The molecule has 0 radical (unpaired) electrons. The van der Waals surface area contributed by atoms with Crippen LogP contribution in [0, 0.1) is 0 Å². The van der Waals surface area contributed by atoms with Crippen molar-refractivity contribution in [3.63, 3.8) is 0 Å². The van der Waals surface area contributed by atoms with Gasteiger partial charge in [0.1, 0.15) is 0 Å². The van der Waals surface area contributed by atoms with E-state index in [1.165, 1.54) is 6.92 Å². The molecule has 2 rings (SSSR count). The number of ketones is 1. The van der Waals surface area contributed by atoms with Crippen molar-refractivity contribution in [3.8, 4) is 0 Å². The summed E-state index contributed by atoms with van der Waals surface area (Å²) in [5, 5.41) is 3.90. The third-order valence-corrected chi connectivity index (χ3v) is 3.81. The largest absolute Gasteiger partial charge is 0.324 e. The van der Waals surface area contributed by atoms with Crippen molar-refractivity contribution < 1.29 is 9.59 Å². The molecular formula is C18H18Cl2N2O2. The zero-order valence-corrected chi connectivity index (χ0v) is 15.0. The van der Waals surface area contributed by atoms with E-state index < -0.39 is 0 Å². The Hall–Kier alpha value is -1.88. The number of likely N-dealkylation sites (N-methyl/N-ethyl adjacent to an activating group) is 1. The number of rotatable bonds is 6. The number of anilines is 1. The van der Waals surface area contributed by atoms with E-state index in [2.05, 4.69) is 5.32 Å². The number of hydrogen-bond acceptors (Lipinski definition) is 3. The van der Waals surface area contributed by atoms with Gasteiger partial charge in [-0.2, -0.15) is 0 Å². The molecule has 126 valence electrons. The van der Waals surface area contributed by atoms with Gasteiger partial charge in [0.15, 0.2) is 5.78 Å². The third kappa shape index (κ3) is 5.34. The molecule has 2 aromatic rings. The minimum Gasteiger partial charge on any atom is -0.324 e. The molecule has 0 saturated heterocycles. The van der Waals surface area contributed by atoms with Crippen LogP contribution in [0.2, 0.25) is 10.0 Å². The van der Waals surface area contributed by atoms with Crippen LogP contribution >= 0.6 is 23.2 Å². The number of nitrogens with zero attached hydrogens (tertiary/aromatic N) is 1. The van der Waals surface area contributed by atoms with Crippen LogP contribution in [0.5, 0.6) is 0 Å². The van der Waals surface area contributed by atoms with Crippen LogP contribution in [0.25, 0.3) is 0 Å². The van der Waals surface area contributed by atoms with Crippen molar-refractivity contribution in [1.82, 2.24) is 4.90 Å². The zero-order valence-electron chi connectivity index (χ0n) is 13.5. The number of nitrogens with one attached hydrogen (secondary N) is 1. The van der Waals surface area contributed by atoms with E-state index in [9.17, 15) is 9.59 Å². The molecule has 6 heteroatoms. The maximum atomic E-state index is 12.2. The van der Waals surface area contributed by atoms with Crippen LogP contribution < -0.4 is 5.32 Å². The normalized spacial score (nSPS) is 10.7. The van der Waals surface area contributed by atoms with E-state index in [-0.39, 0.29) is 18.2 Å². The maximum Gasteiger partial charge on any atom is 0.238 e. The van der Waals surface area contributed by atoms with Crippen LogP contribution in [0.15, 0.2) is 42.5 Å². The first-order valence-electron chi connectivity index (χ1n) is 7.38. The highest BCUT2D eigenvalue weighted by Gasteiger charge is 2.12. The van der Waals surface area contributed by atoms with Crippen LogP contribution in [0.4, 0.5) is 5.69 Å². The standard InChI is InChI=1S/C18H18Cl2N2O2/c1-12(23)16-5-3-4-6-17(16)21-18(24)11-22(2)10-13-7-14(19)9-15(20)8-13/h3-9H,10-11H2,1-2H3,(H,21,24). The van der Waals surface area contributed by atoms with Gasteiger partial charge in [-0.1, -0.05) is 35.3 Å². The molecule has 0 heterocycles. The summed E-state index contributed by atoms with van der Waals surface area (Å²) in [6.45, 7) is 2.18. The Kier molecular flexibility index (Phi) is 6.37. The van der Waals surface area contributed by atoms with Gasteiger partial charge in [-0.25, -0.2) is 0 Å². The Balaban J connectivity index is 1.98. The molecule has 4 nitrogen and oxygen atoms in total. The predicted molar refractivity (Wildman–Crippen MR) is 97.9 cm³/mol. The summed E-state index contributed by atoms with van der Waals surface area (Å²) >= 11 is 12.0. The fraction of sp³-hybridized carbons (Fsp3) is 0.222. The summed E-state index contributed by atoms with van der Waals surface area (Å²) in [6, 6.07) is 12.2. The summed E-state index contributed by atoms with van der Waals surface area (Å²) in [6.07, 6.45) is 0. The molecule has 0 fully saturated rings. The topological polar surface area (TPSA) is 49.4 Å². The Labute approximate surface area is 151 Å². The lowest BCUT2D eigenvalue weighted by molar-refractivity contribution is -0.117. The van der Waals surface area contributed by atoms with Crippen molar-refractivity contribution in [3.05, 3.63) is 63.6 Å². The van der Waals surface area contributed by atoms with Gasteiger partial charge < -0.3 is 5.32 Å². The second-order valence-corrected chi connectivity index (χ2v) is 6.47. The molecule has 0 aliphatic carbocycles. The maximum absolute atomic E-state index is 12.2. The van der Waals surface area contributed by atoms with Crippen molar-refractivity contribution in [1.29, 1.82) is 0 Å². The lowest BCUT2D eigenvalue weighted by Gasteiger charge is -2.17. The molecular weight excluding hydrogens is 347 g/mol.